The molecule has 1 rings (SSSR count). The van der Waals surface area contributed by atoms with E-state index in [0.29, 0.717) is 13.1 Å². The van der Waals surface area contributed by atoms with Gasteiger partial charge in [0.2, 0.25) is 5.91 Å². The highest BCUT2D eigenvalue weighted by Gasteiger charge is 2.41. The molecule has 102 valence electrons. The summed E-state index contributed by atoms with van der Waals surface area (Å²) in [7, 11) is 0. The smallest absolute Gasteiger partial charge is 0.391 e. The van der Waals surface area contributed by atoms with Crippen molar-refractivity contribution >= 4 is 18.3 Å². The van der Waals surface area contributed by atoms with Crippen LogP contribution in [0.4, 0.5) is 13.2 Å². The lowest BCUT2D eigenvalue weighted by Gasteiger charge is -2.18. The molecule has 1 fully saturated rings. The number of amides is 1. The summed E-state index contributed by atoms with van der Waals surface area (Å²) < 4.78 is 36.5. The van der Waals surface area contributed by atoms with Gasteiger partial charge in [0.25, 0.3) is 0 Å². The van der Waals surface area contributed by atoms with E-state index in [-0.39, 0.29) is 24.9 Å². The monoisotopic (exact) mass is 276 g/mol. The first-order valence-corrected chi connectivity index (χ1v) is 5.05. The summed E-state index contributed by atoms with van der Waals surface area (Å²) >= 11 is 0. The van der Waals surface area contributed by atoms with Crippen LogP contribution in [0.25, 0.3) is 0 Å². The Labute approximate surface area is 103 Å². The Bertz CT molecular complexity index is 263. The summed E-state index contributed by atoms with van der Waals surface area (Å²) in [5, 5.41) is 14.4. The number of aliphatic hydroxyl groups excluding tert-OH is 1. The average molecular weight is 277 g/mol. The maximum absolute atomic E-state index is 12.2. The van der Waals surface area contributed by atoms with Crippen LogP contribution in [-0.2, 0) is 4.79 Å². The van der Waals surface area contributed by atoms with Gasteiger partial charge in [-0.3, -0.25) is 4.79 Å². The summed E-state index contributed by atoms with van der Waals surface area (Å²) in [6, 6.07) is 0. The average Bonchev–Trinajstić information content (AvgIpc) is 2.58. The molecule has 3 N–H and O–H groups in total. The van der Waals surface area contributed by atoms with E-state index in [9.17, 15) is 23.1 Å². The van der Waals surface area contributed by atoms with Crippen molar-refractivity contribution in [2.45, 2.75) is 19.2 Å². The van der Waals surface area contributed by atoms with Crippen LogP contribution >= 0.6 is 12.4 Å². The van der Waals surface area contributed by atoms with Crippen LogP contribution in [-0.4, -0.2) is 42.9 Å². The second-order valence-electron chi connectivity index (χ2n) is 3.99. The maximum atomic E-state index is 12.2. The zero-order valence-corrected chi connectivity index (χ0v) is 10.1. The first-order valence-electron chi connectivity index (χ1n) is 5.05. The third-order valence-electron chi connectivity index (χ3n) is 2.73. The fourth-order valence-electron chi connectivity index (χ4n) is 1.46. The predicted octanol–water partition coefficient (Wildman–Crippen LogP) is 0.303. The number of hydrogen-bond donors (Lipinski definition) is 3. The van der Waals surface area contributed by atoms with E-state index in [1.54, 1.807) is 0 Å². The van der Waals surface area contributed by atoms with Gasteiger partial charge < -0.3 is 15.7 Å². The Morgan fingerprint density at radius 2 is 2.12 bits per heavy atom. The number of carbonyl (C=O) groups excluding carboxylic acids is 1. The molecule has 1 saturated heterocycles. The minimum Gasteiger partial charge on any atom is -0.391 e. The Kier molecular flexibility index (Phi) is 6.22. The zero-order chi connectivity index (χ0) is 12.3. The molecule has 17 heavy (non-hydrogen) atoms. The van der Waals surface area contributed by atoms with Crippen molar-refractivity contribution in [3.8, 4) is 0 Å². The standard InChI is InChI=1S/C9H15F3N2O2.ClH/c1-5(9(10,11)12)8(16)14-3-6-2-13-4-7(6)15;/h5-7,13,15H,2-4H2,1H3,(H,14,16);1H. The van der Waals surface area contributed by atoms with Crippen LogP contribution in [0.15, 0.2) is 0 Å². The molecule has 1 heterocycles. The van der Waals surface area contributed by atoms with Gasteiger partial charge >= 0.3 is 6.18 Å². The Morgan fingerprint density at radius 1 is 1.53 bits per heavy atom. The van der Waals surface area contributed by atoms with Crippen LogP contribution < -0.4 is 10.6 Å². The molecule has 1 amide bonds. The third kappa shape index (κ3) is 4.69. The molecule has 0 saturated carbocycles. The van der Waals surface area contributed by atoms with Crippen molar-refractivity contribution in [3.63, 3.8) is 0 Å². The second-order valence-corrected chi connectivity index (χ2v) is 3.99. The number of β-amino-alcohol motifs (C(OH)–C–C–N with tert-alkyl or cyclic N) is 1. The second kappa shape index (κ2) is 6.42. The molecule has 0 spiro atoms. The van der Waals surface area contributed by atoms with E-state index in [0.717, 1.165) is 6.92 Å². The molecule has 0 radical (unpaired) electrons. The van der Waals surface area contributed by atoms with E-state index in [2.05, 4.69) is 10.6 Å². The fraction of sp³-hybridized carbons (Fsp3) is 0.889. The van der Waals surface area contributed by atoms with Gasteiger partial charge in [0.05, 0.1) is 6.10 Å². The van der Waals surface area contributed by atoms with Crippen molar-refractivity contribution in [2.75, 3.05) is 19.6 Å². The highest BCUT2D eigenvalue weighted by molar-refractivity contribution is 5.85. The number of hydrogen-bond acceptors (Lipinski definition) is 3. The molecule has 0 aromatic carbocycles. The first kappa shape index (κ1) is 16.5. The molecule has 3 atom stereocenters. The summed E-state index contributed by atoms with van der Waals surface area (Å²) in [6.07, 6.45) is -5.13. The van der Waals surface area contributed by atoms with Gasteiger partial charge in [0.15, 0.2) is 0 Å². The summed E-state index contributed by atoms with van der Waals surface area (Å²) in [6.45, 7) is 1.79. The highest BCUT2D eigenvalue weighted by atomic mass is 35.5. The molecule has 0 aromatic rings. The third-order valence-corrected chi connectivity index (χ3v) is 2.73. The van der Waals surface area contributed by atoms with Gasteiger partial charge in [-0.25, -0.2) is 0 Å². The van der Waals surface area contributed by atoms with Gasteiger partial charge in [-0.15, -0.1) is 12.4 Å². The van der Waals surface area contributed by atoms with Crippen molar-refractivity contribution in [2.24, 2.45) is 11.8 Å². The van der Waals surface area contributed by atoms with E-state index in [1.165, 1.54) is 0 Å². The molecular weight excluding hydrogens is 261 g/mol. The van der Waals surface area contributed by atoms with Crippen molar-refractivity contribution in [1.82, 2.24) is 10.6 Å². The van der Waals surface area contributed by atoms with Crippen molar-refractivity contribution < 1.29 is 23.1 Å². The van der Waals surface area contributed by atoms with Crippen LogP contribution in [0.1, 0.15) is 6.92 Å². The zero-order valence-electron chi connectivity index (χ0n) is 9.25. The Hall–Kier alpha value is -0.530. The molecule has 4 nitrogen and oxygen atoms in total. The van der Waals surface area contributed by atoms with Crippen LogP contribution in [0, 0.1) is 11.8 Å². The van der Waals surface area contributed by atoms with E-state index >= 15 is 0 Å². The normalized spacial score (nSPS) is 26.2. The number of alkyl halides is 3. The Morgan fingerprint density at radius 3 is 2.53 bits per heavy atom. The molecule has 1 aliphatic heterocycles. The van der Waals surface area contributed by atoms with Gasteiger partial charge in [-0.05, 0) is 6.92 Å². The fourth-order valence-corrected chi connectivity index (χ4v) is 1.46. The quantitative estimate of drug-likeness (QED) is 0.695. The molecule has 0 aliphatic carbocycles. The lowest BCUT2D eigenvalue weighted by molar-refractivity contribution is -0.178. The Balaban J connectivity index is 0.00000256. The van der Waals surface area contributed by atoms with E-state index in [1.807, 2.05) is 0 Å². The number of aliphatic hydroxyl groups is 1. The van der Waals surface area contributed by atoms with Gasteiger partial charge in [0, 0.05) is 25.6 Å². The van der Waals surface area contributed by atoms with Gasteiger partial charge in [0.1, 0.15) is 5.92 Å². The molecule has 0 bridgehead atoms. The van der Waals surface area contributed by atoms with Crippen molar-refractivity contribution in [1.29, 1.82) is 0 Å². The largest absolute Gasteiger partial charge is 0.400 e. The number of rotatable bonds is 3. The predicted molar refractivity (Wildman–Crippen MR) is 57.8 cm³/mol. The molecule has 1 aliphatic rings. The van der Waals surface area contributed by atoms with Crippen molar-refractivity contribution in [3.05, 3.63) is 0 Å². The minimum atomic E-state index is -4.52. The lowest BCUT2D eigenvalue weighted by atomic mass is 10.1. The summed E-state index contributed by atoms with van der Waals surface area (Å²) in [5.74, 6) is -3.28. The molecule has 3 unspecified atom stereocenters. The maximum Gasteiger partial charge on any atom is 0.400 e. The van der Waals surface area contributed by atoms with Gasteiger partial charge in [-0.1, -0.05) is 0 Å². The van der Waals surface area contributed by atoms with Crippen LogP contribution in [0.5, 0.6) is 0 Å². The topological polar surface area (TPSA) is 61.4 Å². The van der Waals surface area contributed by atoms with Crippen LogP contribution in [0.2, 0.25) is 0 Å². The number of carbonyl (C=O) groups is 1. The summed E-state index contributed by atoms with van der Waals surface area (Å²) in [5.41, 5.74) is 0. The summed E-state index contributed by atoms with van der Waals surface area (Å²) in [4.78, 5) is 11.1. The van der Waals surface area contributed by atoms with E-state index in [4.69, 9.17) is 0 Å². The first-order chi connectivity index (χ1) is 7.32. The number of halogens is 4. The van der Waals surface area contributed by atoms with Gasteiger partial charge in [-0.2, -0.15) is 13.2 Å². The molecule has 0 aromatic heterocycles. The minimum absolute atomic E-state index is 0. The molecular formula is C9H16ClF3N2O2. The highest BCUT2D eigenvalue weighted by Crippen LogP contribution is 2.25. The SMILES string of the molecule is CC(C(=O)NCC1CNCC1O)C(F)(F)F.Cl. The van der Waals surface area contributed by atoms with E-state index < -0.39 is 24.1 Å². The van der Waals surface area contributed by atoms with Crippen LogP contribution in [0.3, 0.4) is 0 Å². The lowest BCUT2D eigenvalue weighted by Crippen LogP contribution is -2.41. The number of nitrogens with one attached hydrogen (secondary N) is 2. The molecule has 8 heteroatoms.